The van der Waals surface area contributed by atoms with E-state index in [-0.39, 0.29) is 0 Å². The van der Waals surface area contributed by atoms with E-state index in [0.717, 1.165) is 38.2 Å². The number of benzene rings is 1. The van der Waals surface area contributed by atoms with Crippen LogP contribution in [0.5, 0.6) is 5.75 Å². The van der Waals surface area contributed by atoms with Gasteiger partial charge in [0.1, 0.15) is 11.9 Å². The summed E-state index contributed by atoms with van der Waals surface area (Å²) in [6.07, 6.45) is 3.55. The number of hydrogen-bond acceptors (Lipinski definition) is 3. The number of nitrogens with one attached hydrogen (secondary N) is 1. The van der Waals surface area contributed by atoms with Crippen molar-refractivity contribution in [1.82, 2.24) is 5.32 Å². The average Bonchev–Trinajstić information content (AvgIpc) is 2.79. The van der Waals surface area contributed by atoms with Gasteiger partial charge in [0.15, 0.2) is 0 Å². The summed E-state index contributed by atoms with van der Waals surface area (Å²) in [6, 6.07) is 8.77. The predicted molar refractivity (Wildman–Crippen MR) is 73.1 cm³/mol. The van der Waals surface area contributed by atoms with Crippen molar-refractivity contribution in [3.8, 4) is 5.75 Å². The molecule has 0 saturated carbocycles. The van der Waals surface area contributed by atoms with E-state index in [1.807, 2.05) is 6.07 Å². The zero-order valence-electron chi connectivity index (χ0n) is 11.3. The number of para-hydroxylation sites is 1. The molecule has 2 unspecified atom stereocenters. The van der Waals surface area contributed by atoms with Gasteiger partial charge in [-0.1, -0.05) is 25.1 Å². The van der Waals surface area contributed by atoms with Gasteiger partial charge in [-0.25, -0.2) is 0 Å². The minimum Gasteiger partial charge on any atom is -0.490 e. The van der Waals surface area contributed by atoms with Crippen LogP contribution in [0.25, 0.3) is 0 Å². The van der Waals surface area contributed by atoms with Crippen LogP contribution in [0, 0.1) is 0 Å². The van der Waals surface area contributed by atoms with Gasteiger partial charge in [0.05, 0.1) is 6.61 Å². The van der Waals surface area contributed by atoms with Crippen LogP contribution in [-0.2, 0) is 11.2 Å². The number of methoxy groups -OCH3 is 1. The first-order valence-corrected chi connectivity index (χ1v) is 6.80. The van der Waals surface area contributed by atoms with Gasteiger partial charge in [-0.3, -0.25) is 0 Å². The molecular weight excluding hydrogens is 226 g/mol. The molecule has 1 aromatic rings. The molecule has 0 aromatic heterocycles. The van der Waals surface area contributed by atoms with Crippen molar-refractivity contribution in [3.05, 3.63) is 29.8 Å². The third kappa shape index (κ3) is 3.47. The maximum atomic E-state index is 5.95. The van der Waals surface area contributed by atoms with Crippen LogP contribution >= 0.6 is 0 Å². The molecular formula is C15H23NO2. The number of fused-ring (bicyclic) bond motifs is 1. The highest BCUT2D eigenvalue weighted by molar-refractivity contribution is 5.37. The number of hydrogen-bond donors (Lipinski definition) is 1. The van der Waals surface area contributed by atoms with E-state index < -0.39 is 0 Å². The first-order valence-electron chi connectivity index (χ1n) is 6.80. The smallest absolute Gasteiger partial charge is 0.123 e. The molecule has 1 N–H and O–H groups in total. The van der Waals surface area contributed by atoms with Gasteiger partial charge in [-0.15, -0.1) is 0 Å². The van der Waals surface area contributed by atoms with Crippen molar-refractivity contribution in [2.45, 2.75) is 38.3 Å². The van der Waals surface area contributed by atoms with Crippen LogP contribution in [0.2, 0.25) is 0 Å². The van der Waals surface area contributed by atoms with Crippen LogP contribution in [0.4, 0.5) is 0 Å². The van der Waals surface area contributed by atoms with E-state index in [0.29, 0.717) is 12.1 Å². The van der Waals surface area contributed by atoms with Gasteiger partial charge >= 0.3 is 0 Å². The lowest BCUT2D eigenvalue weighted by Crippen LogP contribution is -2.34. The van der Waals surface area contributed by atoms with Crippen LogP contribution in [-0.4, -0.2) is 32.4 Å². The second-order valence-electron chi connectivity index (χ2n) is 4.84. The Morgan fingerprint density at radius 2 is 2.28 bits per heavy atom. The first-order chi connectivity index (χ1) is 8.83. The summed E-state index contributed by atoms with van der Waals surface area (Å²) in [6.45, 7) is 3.89. The third-order valence-electron chi connectivity index (χ3n) is 3.41. The standard InChI is InChI=1S/C15H23NO2/c1-3-16-13(11-17-2)8-9-14-10-12-6-4-5-7-15(12)18-14/h4-7,13-14,16H,3,8-11H2,1-2H3. The average molecular weight is 249 g/mol. The van der Waals surface area contributed by atoms with Crippen LogP contribution < -0.4 is 10.1 Å². The number of rotatable bonds is 7. The maximum Gasteiger partial charge on any atom is 0.123 e. The Morgan fingerprint density at radius 1 is 1.44 bits per heavy atom. The van der Waals surface area contributed by atoms with Crippen LogP contribution in [0.15, 0.2) is 24.3 Å². The minimum atomic E-state index is 0.334. The summed E-state index contributed by atoms with van der Waals surface area (Å²) < 4.78 is 11.2. The van der Waals surface area contributed by atoms with E-state index in [1.165, 1.54) is 5.56 Å². The van der Waals surface area contributed by atoms with E-state index in [9.17, 15) is 0 Å². The largest absolute Gasteiger partial charge is 0.490 e. The van der Waals surface area contributed by atoms with Crippen LogP contribution in [0.3, 0.4) is 0 Å². The van der Waals surface area contributed by atoms with Gasteiger partial charge in [-0.05, 0) is 31.0 Å². The molecule has 1 aromatic carbocycles. The Hall–Kier alpha value is -1.06. The molecule has 0 radical (unpaired) electrons. The Balaban J connectivity index is 1.78. The normalized spacial score (nSPS) is 19.3. The van der Waals surface area contributed by atoms with E-state index in [1.54, 1.807) is 7.11 Å². The van der Waals surface area contributed by atoms with Gasteiger partial charge in [0, 0.05) is 19.6 Å². The zero-order chi connectivity index (χ0) is 12.8. The molecule has 18 heavy (non-hydrogen) atoms. The molecule has 1 aliphatic heterocycles. The second-order valence-corrected chi connectivity index (χ2v) is 4.84. The fraction of sp³-hybridized carbons (Fsp3) is 0.600. The topological polar surface area (TPSA) is 30.5 Å². The zero-order valence-corrected chi connectivity index (χ0v) is 11.3. The lowest BCUT2D eigenvalue weighted by Gasteiger charge is -2.19. The molecule has 2 atom stereocenters. The molecule has 2 rings (SSSR count). The third-order valence-corrected chi connectivity index (χ3v) is 3.41. The molecule has 1 heterocycles. The minimum absolute atomic E-state index is 0.334. The van der Waals surface area contributed by atoms with Crippen molar-refractivity contribution < 1.29 is 9.47 Å². The molecule has 100 valence electrons. The van der Waals surface area contributed by atoms with Crippen molar-refractivity contribution in [3.63, 3.8) is 0 Å². The fourth-order valence-electron chi connectivity index (χ4n) is 2.54. The van der Waals surface area contributed by atoms with Gasteiger partial charge in [0.25, 0.3) is 0 Å². The molecule has 0 aliphatic carbocycles. The number of likely N-dealkylation sites (N-methyl/N-ethyl adjacent to an activating group) is 1. The summed E-state index contributed by atoms with van der Waals surface area (Å²) in [5.41, 5.74) is 1.34. The van der Waals surface area contributed by atoms with Gasteiger partial charge < -0.3 is 14.8 Å². The molecule has 3 nitrogen and oxygen atoms in total. The summed E-state index contributed by atoms with van der Waals surface area (Å²) in [7, 11) is 1.76. The maximum absolute atomic E-state index is 5.95. The summed E-state index contributed by atoms with van der Waals surface area (Å²) in [5.74, 6) is 1.06. The first kappa shape index (κ1) is 13.4. The van der Waals surface area contributed by atoms with Crippen molar-refractivity contribution in [2.75, 3.05) is 20.3 Å². The van der Waals surface area contributed by atoms with Gasteiger partial charge in [-0.2, -0.15) is 0 Å². The Kier molecular flexibility index (Phi) is 5.02. The Bertz CT molecular complexity index is 336. The summed E-state index contributed by atoms with van der Waals surface area (Å²) in [5, 5.41) is 3.45. The highest BCUT2D eigenvalue weighted by Crippen LogP contribution is 2.30. The number of ether oxygens (including phenoxy) is 2. The molecule has 0 fully saturated rings. The van der Waals surface area contributed by atoms with Crippen molar-refractivity contribution in [2.24, 2.45) is 0 Å². The van der Waals surface area contributed by atoms with E-state index in [4.69, 9.17) is 9.47 Å². The van der Waals surface area contributed by atoms with Gasteiger partial charge in [0.2, 0.25) is 0 Å². The highest BCUT2D eigenvalue weighted by Gasteiger charge is 2.22. The van der Waals surface area contributed by atoms with E-state index >= 15 is 0 Å². The molecule has 0 saturated heterocycles. The predicted octanol–water partition coefficient (Wildman–Crippen LogP) is 2.39. The monoisotopic (exact) mass is 249 g/mol. The van der Waals surface area contributed by atoms with E-state index in [2.05, 4.69) is 30.4 Å². The van der Waals surface area contributed by atoms with Crippen molar-refractivity contribution in [1.29, 1.82) is 0 Å². The Morgan fingerprint density at radius 3 is 3.00 bits per heavy atom. The lowest BCUT2D eigenvalue weighted by molar-refractivity contribution is 0.149. The molecule has 0 spiro atoms. The summed E-state index contributed by atoms with van der Waals surface area (Å²) >= 11 is 0. The molecule has 0 amide bonds. The molecule has 3 heteroatoms. The lowest BCUT2D eigenvalue weighted by atomic mass is 10.0. The Labute approximate surface area is 109 Å². The fourth-order valence-corrected chi connectivity index (χ4v) is 2.54. The SMILES string of the molecule is CCNC(CCC1Cc2ccccc2O1)COC. The van der Waals surface area contributed by atoms with Crippen molar-refractivity contribution >= 4 is 0 Å². The highest BCUT2D eigenvalue weighted by atomic mass is 16.5. The second kappa shape index (κ2) is 6.76. The van der Waals surface area contributed by atoms with Crippen LogP contribution in [0.1, 0.15) is 25.3 Å². The molecule has 1 aliphatic rings. The summed E-state index contributed by atoms with van der Waals surface area (Å²) in [4.78, 5) is 0. The molecule has 0 bridgehead atoms. The quantitative estimate of drug-likeness (QED) is 0.805.